The zero-order chi connectivity index (χ0) is 23.7. The molecule has 5 rings (SSSR count). The van der Waals surface area contributed by atoms with Gasteiger partial charge in [0, 0.05) is 56.1 Å². The lowest BCUT2D eigenvalue weighted by molar-refractivity contribution is 0.0698. The molecule has 0 atom stereocenters. The number of rotatable bonds is 4. The second-order valence-electron chi connectivity index (χ2n) is 8.29. The van der Waals surface area contributed by atoms with Crippen LogP contribution in [0.5, 0.6) is 11.5 Å². The van der Waals surface area contributed by atoms with Crippen molar-refractivity contribution in [3.8, 4) is 17.2 Å². The number of carbonyl (C=O) groups excluding carboxylic acids is 1. The molecule has 1 fully saturated rings. The smallest absolute Gasteiger partial charge is 0.253 e. The van der Waals surface area contributed by atoms with E-state index in [0.29, 0.717) is 43.4 Å². The summed E-state index contributed by atoms with van der Waals surface area (Å²) in [4.78, 5) is 14.8. The number of carbonyl (C=O) groups is 1. The molecule has 178 valence electrons. The second-order valence-corrected chi connectivity index (χ2v) is 10.2. The van der Waals surface area contributed by atoms with Crippen molar-refractivity contribution in [2.24, 2.45) is 0 Å². The van der Waals surface area contributed by atoms with E-state index in [0.717, 1.165) is 17.8 Å². The van der Waals surface area contributed by atoms with Crippen LogP contribution < -0.4 is 9.47 Å². The van der Waals surface area contributed by atoms with Crippen molar-refractivity contribution >= 4 is 15.9 Å². The first kappa shape index (κ1) is 22.4. The summed E-state index contributed by atoms with van der Waals surface area (Å²) in [6.07, 6.45) is 2.48. The standard InChI is InChI=1S/C24H26N4O5S/c1-18-9-10-25-28(18)20-5-3-19(4-6-20)24(29)26-11-13-27(14-12-26)34(30,31)21-7-8-22-23(17-21)33-16-2-15-32-22/h3-10,17H,2,11-16H2,1H3. The summed E-state index contributed by atoms with van der Waals surface area (Å²) < 4.78 is 40.9. The van der Waals surface area contributed by atoms with Crippen LogP contribution in [0.1, 0.15) is 22.5 Å². The van der Waals surface area contributed by atoms with Crippen LogP contribution in [0, 0.1) is 6.92 Å². The Labute approximate surface area is 198 Å². The van der Waals surface area contributed by atoms with Crippen molar-refractivity contribution < 1.29 is 22.7 Å². The van der Waals surface area contributed by atoms with Gasteiger partial charge in [0.1, 0.15) is 0 Å². The number of aromatic nitrogens is 2. The van der Waals surface area contributed by atoms with Crippen LogP contribution in [0.2, 0.25) is 0 Å². The predicted octanol–water partition coefficient (Wildman–Crippen LogP) is 2.49. The number of piperazine rings is 1. The molecule has 2 aliphatic heterocycles. The van der Waals surface area contributed by atoms with Crippen molar-refractivity contribution in [3.63, 3.8) is 0 Å². The Morgan fingerprint density at radius 2 is 1.62 bits per heavy atom. The maximum atomic E-state index is 13.2. The Hall–Kier alpha value is -3.37. The molecule has 1 aromatic heterocycles. The Kier molecular flexibility index (Phi) is 6.01. The second kappa shape index (κ2) is 9.11. The van der Waals surface area contributed by atoms with Gasteiger partial charge in [0.05, 0.1) is 23.8 Å². The fourth-order valence-corrected chi connectivity index (χ4v) is 5.59. The monoisotopic (exact) mass is 482 g/mol. The molecular weight excluding hydrogens is 456 g/mol. The normalized spacial score (nSPS) is 16.8. The van der Waals surface area contributed by atoms with E-state index in [9.17, 15) is 13.2 Å². The summed E-state index contributed by atoms with van der Waals surface area (Å²) in [5, 5.41) is 4.28. The molecule has 0 radical (unpaired) electrons. The predicted molar refractivity (Wildman–Crippen MR) is 125 cm³/mol. The van der Waals surface area contributed by atoms with Gasteiger partial charge in [0.25, 0.3) is 5.91 Å². The number of ether oxygens (including phenoxy) is 2. The molecule has 9 nitrogen and oxygen atoms in total. The number of sulfonamides is 1. The molecule has 0 N–H and O–H groups in total. The molecule has 0 bridgehead atoms. The molecule has 1 saturated heterocycles. The Morgan fingerprint density at radius 1 is 0.912 bits per heavy atom. The fraction of sp³-hybridized carbons (Fsp3) is 0.333. The number of benzene rings is 2. The molecule has 2 aromatic carbocycles. The van der Waals surface area contributed by atoms with Gasteiger partial charge < -0.3 is 14.4 Å². The first-order chi connectivity index (χ1) is 16.4. The first-order valence-electron chi connectivity index (χ1n) is 11.2. The minimum atomic E-state index is -3.71. The number of nitrogens with zero attached hydrogens (tertiary/aromatic N) is 4. The van der Waals surface area contributed by atoms with Crippen LogP contribution in [-0.2, 0) is 10.0 Å². The molecule has 0 spiro atoms. The number of fused-ring (bicyclic) bond motifs is 1. The number of aryl methyl sites for hydroxylation is 1. The number of hydrogen-bond acceptors (Lipinski definition) is 6. The third kappa shape index (κ3) is 4.26. The molecule has 0 aliphatic carbocycles. The summed E-state index contributed by atoms with van der Waals surface area (Å²) in [5.74, 6) is 0.887. The van der Waals surface area contributed by atoms with E-state index >= 15 is 0 Å². The highest BCUT2D eigenvalue weighted by molar-refractivity contribution is 7.89. The highest BCUT2D eigenvalue weighted by atomic mass is 32.2. The lowest BCUT2D eigenvalue weighted by Crippen LogP contribution is -2.50. The van der Waals surface area contributed by atoms with Crippen LogP contribution in [0.4, 0.5) is 0 Å². The minimum absolute atomic E-state index is 0.114. The van der Waals surface area contributed by atoms with Crippen LogP contribution in [-0.4, -0.2) is 72.7 Å². The van der Waals surface area contributed by atoms with Gasteiger partial charge in [-0.3, -0.25) is 4.79 Å². The molecule has 2 aliphatic rings. The van der Waals surface area contributed by atoms with Gasteiger partial charge in [0.15, 0.2) is 11.5 Å². The summed E-state index contributed by atoms with van der Waals surface area (Å²) in [6.45, 7) is 4.10. The molecule has 0 unspecified atom stereocenters. The summed E-state index contributed by atoms with van der Waals surface area (Å²) >= 11 is 0. The van der Waals surface area contributed by atoms with Gasteiger partial charge in [-0.25, -0.2) is 13.1 Å². The van der Waals surface area contributed by atoms with E-state index in [4.69, 9.17) is 9.47 Å². The van der Waals surface area contributed by atoms with E-state index < -0.39 is 10.0 Å². The fourth-order valence-electron chi connectivity index (χ4n) is 4.15. The van der Waals surface area contributed by atoms with Crippen molar-refractivity contribution in [3.05, 3.63) is 66.0 Å². The largest absolute Gasteiger partial charge is 0.490 e. The maximum absolute atomic E-state index is 13.2. The Morgan fingerprint density at radius 3 is 2.29 bits per heavy atom. The molecule has 3 heterocycles. The minimum Gasteiger partial charge on any atom is -0.490 e. The highest BCUT2D eigenvalue weighted by Crippen LogP contribution is 2.33. The SMILES string of the molecule is Cc1ccnn1-c1ccc(C(=O)N2CCN(S(=O)(=O)c3ccc4c(c3)OCCCO4)CC2)cc1. The maximum Gasteiger partial charge on any atom is 0.253 e. The van der Waals surface area contributed by atoms with Crippen molar-refractivity contribution in [1.29, 1.82) is 0 Å². The van der Waals surface area contributed by atoms with Crippen LogP contribution in [0.3, 0.4) is 0 Å². The molecule has 0 saturated carbocycles. The number of amides is 1. The van der Waals surface area contributed by atoms with Gasteiger partial charge in [-0.05, 0) is 49.4 Å². The summed E-state index contributed by atoms with van der Waals surface area (Å²) in [7, 11) is -3.71. The van der Waals surface area contributed by atoms with E-state index in [-0.39, 0.29) is 23.9 Å². The topological polar surface area (TPSA) is 94.0 Å². The van der Waals surface area contributed by atoms with Gasteiger partial charge in [0.2, 0.25) is 10.0 Å². The van der Waals surface area contributed by atoms with E-state index in [2.05, 4.69) is 5.10 Å². The molecule has 3 aromatic rings. The number of hydrogen-bond donors (Lipinski definition) is 0. The molecular formula is C24H26N4O5S. The summed E-state index contributed by atoms with van der Waals surface area (Å²) in [6, 6.07) is 13.9. The van der Waals surface area contributed by atoms with Crippen molar-refractivity contribution in [2.75, 3.05) is 39.4 Å². The van der Waals surface area contributed by atoms with Crippen LogP contribution in [0.25, 0.3) is 5.69 Å². The lowest BCUT2D eigenvalue weighted by atomic mass is 10.1. The summed E-state index contributed by atoms with van der Waals surface area (Å²) in [5.41, 5.74) is 2.45. The van der Waals surface area contributed by atoms with Crippen molar-refractivity contribution in [2.45, 2.75) is 18.2 Å². The third-order valence-electron chi connectivity index (χ3n) is 6.07. The first-order valence-corrected chi connectivity index (χ1v) is 12.7. The quantitative estimate of drug-likeness (QED) is 0.567. The zero-order valence-corrected chi connectivity index (χ0v) is 19.7. The zero-order valence-electron chi connectivity index (χ0n) is 18.9. The average molecular weight is 483 g/mol. The Balaban J connectivity index is 1.25. The Bertz CT molecular complexity index is 1300. The van der Waals surface area contributed by atoms with E-state index in [1.54, 1.807) is 40.0 Å². The average Bonchev–Trinajstić information content (AvgIpc) is 3.15. The van der Waals surface area contributed by atoms with E-state index in [1.807, 2.05) is 25.1 Å². The lowest BCUT2D eigenvalue weighted by Gasteiger charge is -2.34. The van der Waals surface area contributed by atoms with Crippen LogP contribution in [0.15, 0.2) is 59.6 Å². The van der Waals surface area contributed by atoms with Gasteiger partial charge in [-0.15, -0.1) is 0 Å². The van der Waals surface area contributed by atoms with Crippen molar-refractivity contribution in [1.82, 2.24) is 19.0 Å². The molecule has 34 heavy (non-hydrogen) atoms. The van der Waals surface area contributed by atoms with Crippen LogP contribution >= 0.6 is 0 Å². The highest BCUT2D eigenvalue weighted by Gasteiger charge is 2.31. The van der Waals surface area contributed by atoms with Gasteiger partial charge >= 0.3 is 0 Å². The molecule has 1 amide bonds. The third-order valence-corrected chi connectivity index (χ3v) is 7.97. The van der Waals surface area contributed by atoms with Gasteiger partial charge in [-0.1, -0.05) is 0 Å². The van der Waals surface area contributed by atoms with Gasteiger partial charge in [-0.2, -0.15) is 9.40 Å². The van der Waals surface area contributed by atoms with E-state index in [1.165, 1.54) is 10.4 Å². The molecule has 10 heteroatoms.